The van der Waals surface area contributed by atoms with Crippen LogP contribution in [0, 0.1) is 0 Å². The average molecular weight is 439 g/mol. The van der Waals surface area contributed by atoms with Crippen molar-refractivity contribution >= 4 is 6.21 Å². The molecule has 178 valence electrons. The summed E-state index contributed by atoms with van der Waals surface area (Å²) in [5, 5.41) is 12.7. The van der Waals surface area contributed by atoms with Gasteiger partial charge in [-0.3, -0.25) is 4.99 Å². The molecular weight excluding hydrogens is 392 g/mol. The van der Waals surface area contributed by atoms with E-state index in [1.807, 2.05) is 6.21 Å². The van der Waals surface area contributed by atoms with E-state index in [0.29, 0.717) is 0 Å². The highest BCUT2D eigenvalue weighted by Crippen LogP contribution is 2.13. The number of aliphatic imine (C=N–C) groups is 1. The molecule has 0 amide bonds. The molecule has 0 heterocycles. The lowest BCUT2D eigenvalue weighted by molar-refractivity contribution is 0.299. The normalized spacial score (nSPS) is 13.3. The minimum Gasteiger partial charge on any atom is -0.396 e. The Morgan fingerprint density at radius 3 is 2.53 bits per heavy atom. The van der Waals surface area contributed by atoms with Crippen LogP contribution in [0.1, 0.15) is 77.3 Å². The molecule has 0 atom stereocenters. The van der Waals surface area contributed by atoms with Crippen LogP contribution >= 0.6 is 0 Å². The van der Waals surface area contributed by atoms with E-state index in [0.717, 1.165) is 51.7 Å². The number of hydrogen-bond acceptors (Lipinski definition) is 3. The summed E-state index contributed by atoms with van der Waals surface area (Å²) >= 11 is 0. The smallest absolute Gasteiger partial charge is 0.0471 e. The number of nitrogens with zero attached hydrogens (tertiary/aromatic N) is 1. The van der Waals surface area contributed by atoms with Gasteiger partial charge in [-0.15, -0.1) is 0 Å². The zero-order valence-electron chi connectivity index (χ0n) is 21.0. The maximum absolute atomic E-state index is 9.08. The largest absolute Gasteiger partial charge is 0.396 e. The van der Waals surface area contributed by atoms with Crippen molar-refractivity contribution in [1.82, 2.24) is 5.32 Å². The van der Waals surface area contributed by atoms with Crippen molar-refractivity contribution in [3.8, 4) is 0 Å². The fraction of sp³-hybridized carbons (Fsp3) is 0.552. The van der Waals surface area contributed by atoms with E-state index in [1.165, 1.54) is 47.1 Å². The molecule has 3 heteroatoms. The van der Waals surface area contributed by atoms with Gasteiger partial charge < -0.3 is 10.4 Å². The highest BCUT2D eigenvalue weighted by Gasteiger charge is 2.01. The quantitative estimate of drug-likeness (QED) is 0.163. The van der Waals surface area contributed by atoms with Gasteiger partial charge in [-0.25, -0.2) is 0 Å². The summed E-state index contributed by atoms with van der Waals surface area (Å²) in [6, 6.07) is 8.57. The van der Waals surface area contributed by atoms with Crippen LogP contribution in [-0.2, 0) is 12.8 Å². The van der Waals surface area contributed by atoms with Crippen LogP contribution in [0.4, 0.5) is 0 Å². The fourth-order valence-electron chi connectivity index (χ4n) is 3.65. The Bertz CT molecular complexity index is 743. The Morgan fingerprint density at radius 2 is 1.84 bits per heavy atom. The summed E-state index contributed by atoms with van der Waals surface area (Å²) in [6.07, 6.45) is 17.3. The lowest BCUT2D eigenvalue weighted by Crippen LogP contribution is -2.20. The number of rotatable bonds is 17. The lowest BCUT2D eigenvalue weighted by atomic mass is 10.0. The van der Waals surface area contributed by atoms with E-state index < -0.39 is 0 Å². The van der Waals surface area contributed by atoms with E-state index in [2.05, 4.69) is 80.5 Å². The maximum Gasteiger partial charge on any atom is 0.0471 e. The van der Waals surface area contributed by atoms with E-state index in [-0.39, 0.29) is 6.61 Å². The van der Waals surface area contributed by atoms with E-state index in [1.54, 1.807) is 0 Å². The molecule has 3 nitrogen and oxygen atoms in total. The van der Waals surface area contributed by atoms with Crippen LogP contribution in [0.5, 0.6) is 0 Å². The molecule has 0 aliphatic heterocycles. The Morgan fingerprint density at radius 1 is 1.06 bits per heavy atom. The molecule has 0 saturated heterocycles. The monoisotopic (exact) mass is 438 g/mol. The van der Waals surface area contributed by atoms with Gasteiger partial charge in [0.05, 0.1) is 0 Å². The van der Waals surface area contributed by atoms with Gasteiger partial charge in [0.25, 0.3) is 0 Å². The number of aryl methyl sites for hydroxylation is 1. The third kappa shape index (κ3) is 12.8. The molecule has 0 aliphatic rings. The average Bonchev–Trinajstić information content (AvgIpc) is 2.80. The molecular formula is C29H46N2O. The Hall–Kier alpha value is -1.97. The number of hydrogen-bond donors (Lipinski definition) is 2. The Labute approximate surface area is 197 Å². The number of unbranched alkanes of at least 4 members (excludes halogenated alkanes) is 2. The van der Waals surface area contributed by atoms with Gasteiger partial charge in [-0.2, -0.15) is 0 Å². The van der Waals surface area contributed by atoms with Gasteiger partial charge in [0.1, 0.15) is 0 Å². The fourth-order valence-corrected chi connectivity index (χ4v) is 3.65. The molecule has 0 bridgehead atoms. The molecule has 0 fully saturated rings. The lowest BCUT2D eigenvalue weighted by Gasteiger charge is -2.11. The van der Waals surface area contributed by atoms with Gasteiger partial charge in [0.15, 0.2) is 0 Å². The first-order valence-electron chi connectivity index (χ1n) is 12.5. The second kappa shape index (κ2) is 18.6. The van der Waals surface area contributed by atoms with Crippen LogP contribution in [0.15, 0.2) is 64.2 Å². The number of allylic oxidation sites excluding steroid dienone is 3. The second-order valence-electron chi connectivity index (χ2n) is 8.50. The number of benzene rings is 1. The molecule has 0 radical (unpaired) electrons. The van der Waals surface area contributed by atoms with Crippen molar-refractivity contribution in [2.24, 2.45) is 4.99 Å². The Balaban J connectivity index is 2.36. The molecule has 0 spiro atoms. The van der Waals surface area contributed by atoms with Crippen LogP contribution in [0.25, 0.3) is 0 Å². The van der Waals surface area contributed by atoms with E-state index in [9.17, 15) is 0 Å². The van der Waals surface area contributed by atoms with Crippen molar-refractivity contribution in [2.45, 2.75) is 79.1 Å². The predicted molar refractivity (Wildman–Crippen MR) is 142 cm³/mol. The first-order valence-corrected chi connectivity index (χ1v) is 12.5. The Kier molecular flexibility index (Phi) is 16.3. The van der Waals surface area contributed by atoms with Crippen molar-refractivity contribution in [3.05, 3.63) is 70.3 Å². The molecule has 2 N–H and O–H groups in total. The third-order valence-electron chi connectivity index (χ3n) is 5.75. The number of aliphatic hydroxyl groups is 1. The minimum atomic E-state index is 0.215. The standard InChI is InChI=1S/C29H46N2O/c1-5-8-13-25(4)29(12-6-2)24-31-23-26(7-3)17-20-30-19-10-9-14-27-15-11-16-28(22-27)18-21-32/h6,11-12,15-17,20,22,31-32H,5,7-10,13-14,18-19,21,23-24H2,1-4H3/b12-6-,26-17+,29-25-,30-20?. The highest BCUT2D eigenvalue weighted by molar-refractivity contribution is 5.72. The molecule has 1 aromatic rings. The van der Waals surface area contributed by atoms with E-state index in [4.69, 9.17) is 5.11 Å². The van der Waals surface area contributed by atoms with Gasteiger partial charge in [0, 0.05) is 32.5 Å². The summed E-state index contributed by atoms with van der Waals surface area (Å²) in [6.45, 7) is 11.7. The summed E-state index contributed by atoms with van der Waals surface area (Å²) in [7, 11) is 0. The second-order valence-corrected chi connectivity index (χ2v) is 8.50. The molecule has 0 saturated carbocycles. The first-order chi connectivity index (χ1) is 15.6. The summed E-state index contributed by atoms with van der Waals surface area (Å²) in [5.41, 5.74) is 6.89. The molecule has 1 rings (SSSR count). The number of nitrogens with one attached hydrogen (secondary N) is 1. The van der Waals surface area contributed by atoms with Crippen molar-refractivity contribution in [2.75, 3.05) is 26.2 Å². The van der Waals surface area contributed by atoms with Crippen molar-refractivity contribution in [1.29, 1.82) is 0 Å². The maximum atomic E-state index is 9.08. The van der Waals surface area contributed by atoms with Crippen LogP contribution < -0.4 is 5.32 Å². The highest BCUT2D eigenvalue weighted by atomic mass is 16.2. The third-order valence-corrected chi connectivity index (χ3v) is 5.75. The molecule has 0 unspecified atom stereocenters. The van der Waals surface area contributed by atoms with Gasteiger partial charge in [-0.1, -0.05) is 67.8 Å². The van der Waals surface area contributed by atoms with Crippen LogP contribution in [0.3, 0.4) is 0 Å². The number of aliphatic hydroxyl groups excluding tert-OH is 1. The van der Waals surface area contributed by atoms with Crippen molar-refractivity contribution < 1.29 is 5.11 Å². The van der Waals surface area contributed by atoms with Crippen LogP contribution in [-0.4, -0.2) is 37.6 Å². The molecule has 1 aromatic carbocycles. The topological polar surface area (TPSA) is 44.6 Å². The molecule has 0 aliphatic carbocycles. The zero-order chi connectivity index (χ0) is 23.4. The van der Waals surface area contributed by atoms with Crippen molar-refractivity contribution in [3.63, 3.8) is 0 Å². The minimum absolute atomic E-state index is 0.215. The summed E-state index contributed by atoms with van der Waals surface area (Å²) in [4.78, 5) is 4.59. The zero-order valence-corrected chi connectivity index (χ0v) is 21.0. The summed E-state index contributed by atoms with van der Waals surface area (Å²) in [5.74, 6) is 0. The van der Waals surface area contributed by atoms with E-state index >= 15 is 0 Å². The molecule has 0 aromatic heterocycles. The SMILES string of the molecule is C/C=C\C(CNC/C(=C/C=NCCCCc1cccc(CCO)c1)CC)=C(/C)CCCC. The summed E-state index contributed by atoms with van der Waals surface area (Å²) < 4.78 is 0. The van der Waals surface area contributed by atoms with Crippen LogP contribution in [0.2, 0.25) is 0 Å². The van der Waals surface area contributed by atoms with Gasteiger partial charge in [-0.05, 0) is 81.6 Å². The molecule has 32 heavy (non-hydrogen) atoms. The predicted octanol–water partition coefficient (Wildman–Crippen LogP) is 6.62. The van der Waals surface area contributed by atoms with Gasteiger partial charge in [0.2, 0.25) is 0 Å². The van der Waals surface area contributed by atoms with Gasteiger partial charge >= 0.3 is 0 Å². The first kappa shape index (κ1) is 28.1.